The van der Waals surface area contributed by atoms with E-state index in [1.807, 2.05) is 0 Å². The van der Waals surface area contributed by atoms with Crippen molar-refractivity contribution in [3.8, 4) is 0 Å². The molecule has 0 saturated carbocycles. The van der Waals surface area contributed by atoms with Crippen LogP contribution in [0.1, 0.15) is 185 Å². The molecule has 1 atom stereocenters. The highest BCUT2D eigenvalue weighted by atomic mass is 16.3. The van der Waals surface area contributed by atoms with E-state index in [0.717, 1.165) is 40.5 Å². The minimum absolute atomic E-state index is 0.0117. The molecule has 0 fully saturated rings. The van der Waals surface area contributed by atoms with Crippen molar-refractivity contribution in [2.75, 3.05) is 9.80 Å². The van der Waals surface area contributed by atoms with E-state index in [2.05, 4.69) is 245 Å². The molecule has 2 aliphatic heterocycles. The van der Waals surface area contributed by atoms with Crippen LogP contribution in [0.25, 0.3) is 27.6 Å². The molecule has 9 aromatic rings. The number of anilines is 5. The number of aryl methyl sites for hydroxylation is 1. The van der Waals surface area contributed by atoms with Gasteiger partial charge in [0.25, 0.3) is 0 Å². The molecule has 0 bridgehead atoms. The minimum Gasteiger partial charge on any atom is -0.454 e. The zero-order valence-electron chi connectivity index (χ0n) is 46.9. The maximum Gasteiger partial charge on any atom is 0.159 e. The molecule has 0 spiro atoms. The average Bonchev–Trinajstić information content (AvgIpc) is 4.16. The van der Waals surface area contributed by atoms with Crippen LogP contribution in [0.3, 0.4) is 0 Å². The van der Waals surface area contributed by atoms with E-state index in [1.165, 1.54) is 124 Å². The van der Waals surface area contributed by atoms with Gasteiger partial charge in [-0.1, -0.05) is 186 Å². The number of benzene rings is 8. The first kappa shape index (κ1) is 46.2. The summed E-state index contributed by atoms with van der Waals surface area (Å²) in [7, 11) is 0. The zero-order chi connectivity index (χ0) is 52.5. The van der Waals surface area contributed by atoms with E-state index >= 15 is 0 Å². The van der Waals surface area contributed by atoms with Gasteiger partial charge in [-0.05, 0) is 157 Å². The lowest BCUT2D eigenvalue weighted by atomic mass is 9.58. The smallest absolute Gasteiger partial charge is 0.159 e. The molecule has 3 nitrogen and oxygen atoms in total. The second kappa shape index (κ2) is 14.7. The lowest BCUT2D eigenvalue weighted by Crippen LogP contribution is -2.38. The SMILES string of the molecule is Cc1cc2c3c(c1)N(c1cccc4c1oc1ccccc14)c1cc4c(cc1C3C1=C(c3ccc5c(c3C1)C(C)(C)c1ccccc1C5(C)C)N2c1ccc2c(c1)C(C)(C)CCC2(C)C)C(C)(C)c1ccccc1C4(C)C. The molecular formula is C73H70N2O. The quantitative estimate of drug-likeness (QED) is 0.172. The van der Waals surface area contributed by atoms with Gasteiger partial charge in [-0.25, -0.2) is 0 Å². The van der Waals surface area contributed by atoms with Crippen molar-refractivity contribution in [1.29, 1.82) is 0 Å². The average molecular weight is 991 g/mol. The Hall–Kier alpha value is -7.10. The van der Waals surface area contributed by atoms with Crippen molar-refractivity contribution in [2.45, 2.75) is 148 Å². The summed E-state index contributed by atoms with van der Waals surface area (Å²) in [5, 5.41) is 2.28. The van der Waals surface area contributed by atoms with Gasteiger partial charge >= 0.3 is 0 Å². The molecule has 1 aromatic heterocycles. The summed E-state index contributed by atoms with van der Waals surface area (Å²) in [5.74, 6) is -0.0117. The number of hydrogen-bond donors (Lipinski definition) is 0. The van der Waals surface area contributed by atoms with Crippen molar-refractivity contribution in [1.82, 2.24) is 0 Å². The second-order valence-electron chi connectivity index (χ2n) is 27.2. The number of rotatable bonds is 2. The fourth-order valence-corrected chi connectivity index (χ4v) is 16.4. The van der Waals surface area contributed by atoms with Gasteiger partial charge in [0.15, 0.2) is 5.58 Å². The molecule has 4 aliphatic carbocycles. The second-order valence-corrected chi connectivity index (χ2v) is 27.2. The highest BCUT2D eigenvalue weighted by Gasteiger charge is 2.52. The first-order valence-electron chi connectivity index (χ1n) is 28.2. The Morgan fingerprint density at radius 2 is 1.01 bits per heavy atom. The molecule has 0 amide bonds. The van der Waals surface area contributed by atoms with E-state index in [9.17, 15) is 0 Å². The third kappa shape index (κ3) is 5.74. The van der Waals surface area contributed by atoms with Crippen LogP contribution in [-0.2, 0) is 38.9 Å². The molecule has 6 aliphatic rings. The first-order valence-corrected chi connectivity index (χ1v) is 28.2. The van der Waals surface area contributed by atoms with Gasteiger partial charge in [-0.2, -0.15) is 0 Å². The molecule has 378 valence electrons. The van der Waals surface area contributed by atoms with Crippen molar-refractivity contribution < 1.29 is 4.42 Å². The van der Waals surface area contributed by atoms with E-state index in [0.29, 0.717) is 0 Å². The topological polar surface area (TPSA) is 19.6 Å². The van der Waals surface area contributed by atoms with Gasteiger partial charge in [-0.15, -0.1) is 0 Å². The third-order valence-corrected chi connectivity index (χ3v) is 20.5. The largest absolute Gasteiger partial charge is 0.454 e. The number of nitrogens with zero attached hydrogens (tertiary/aromatic N) is 2. The van der Waals surface area contributed by atoms with Crippen LogP contribution in [0.4, 0.5) is 28.4 Å². The van der Waals surface area contributed by atoms with Crippen LogP contribution in [0.2, 0.25) is 0 Å². The number of furan rings is 1. The fraction of sp³-hybridized carbons (Fsp3) is 0.315. The predicted molar refractivity (Wildman–Crippen MR) is 317 cm³/mol. The van der Waals surface area contributed by atoms with Crippen molar-refractivity contribution in [3.05, 3.63) is 235 Å². The van der Waals surface area contributed by atoms with E-state index in [1.54, 1.807) is 0 Å². The van der Waals surface area contributed by atoms with Gasteiger partial charge in [0, 0.05) is 55.2 Å². The molecule has 15 rings (SSSR count). The van der Waals surface area contributed by atoms with Crippen LogP contribution in [-0.4, -0.2) is 0 Å². The van der Waals surface area contributed by atoms with Crippen LogP contribution < -0.4 is 9.80 Å². The van der Waals surface area contributed by atoms with Crippen molar-refractivity contribution in [2.24, 2.45) is 0 Å². The summed E-state index contributed by atoms with van der Waals surface area (Å²) >= 11 is 0. The first-order chi connectivity index (χ1) is 36.1. The van der Waals surface area contributed by atoms with Gasteiger partial charge in [0.05, 0.1) is 28.4 Å². The molecule has 3 heteroatoms. The summed E-state index contributed by atoms with van der Waals surface area (Å²) in [5.41, 5.74) is 31.4. The summed E-state index contributed by atoms with van der Waals surface area (Å²) in [6.45, 7) is 31.9. The summed E-state index contributed by atoms with van der Waals surface area (Å²) in [6, 6.07) is 56.9. The minimum atomic E-state index is -0.245. The Morgan fingerprint density at radius 3 is 1.70 bits per heavy atom. The van der Waals surface area contributed by atoms with E-state index in [-0.39, 0.29) is 38.4 Å². The lowest BCUT2D eigenvalue weighted by molar-refractivity contribution is 0.332. The molecule has 0 saturated heterocycles. The normalized spacial score (nSPS) is 20.7. The molecule has 0 radical (unpaired) electrons. The number of hydrogen-bond acceptors (Lipinski definition) is 3. The fourth-order valence-electron chi connectivity index (χ4n) is 16.4. The summed E-state index contributed by atoms with van der Waals surface area (Å²) < 4.78 is 7.07. The van der Waals surface area contributed by atoms with Gasteiger partial charge in [-0.3, -0.25) is 0 Å². The Balaban J connectivity index is 1.07. The summed E-state index contributed by atoms with van der Waals surface area (Å²) in [6.07, 6.45) is 3.22. The lowest BCUT2D eigenvalue weighted by Gasteiger charge is -2.49. The zero-order valence-corrected chi connectivity index (χ0v) is 46.9. The standard InChI is InChI=1S/C73H70N2O/c1-41-35-60-64-61(36-41)75(58-27-20-22-45-43-21-14-19-28-62(43)76-67(45)58)59-40-57-56(71(8,9)50-23-15-16-24-51(50)72(57,10)11)39-47(59)63(64)48-38-46-44(30-32-54-65(46)73(12,13)53-26-18-17-25-52(53)70(54,6)7)66(48)74(60)42-29-31-49-55(37-42)69(4,5)34-33-68(49,2)3/h14-32,35-37,39-40,63H,33-34,38H2,1-13H3. The molecule has 3 heterocycles. The summed E-state index contributed by atoms with van der Waals surface area (Å²) in [4.78, 5) is 5.37. The highest BCUT2D eigenvalue weighted by molar-refractivity contribution is 6.12. The molecule has 0 N–H and O–H groups in total. The Kier molecular flexibility index (Phi) is 8.93. The van der Waals surface area contributed by atoms with E-state index < -0.39 is 0 Å². The van der Waals surface area contributed by atoms with Crippen LogP contribution in [0.5, 0.6) is 0 Å². The molecule has 8 aromatic carbocycles. The Morgan fingerprint density at radius 1 is 0.447 bits per heavy atom. The molecule has 76 heavy (non-hydrogen) atoms. The molecule has 1 unspecified atom stereocenters. The maximum atomic E-state index is 7.07. The monoisotopic (exact) mass is 991 g/mol. The number of allylic oxidation sites excluding steroid dienone is 1. The Labute approximate surface area is 450 Å². The van der Waals surface area contributed by atoms with Crippen LogP contribution in [0.15, 0.2) is 156 Å². The molecular weight excluding hydrogens is 921 g/mol. The highest BCUT2D eigenvalue weighted by Crippen LogP contribution is 2.66. The van der Waals surface area contributed by atoms with Crippen molar-refractivity contribution in [3.63, 3.8) is 0 Å². The van der Waals surface area contributed by atoms with E-state index in [4.69, 9.17) is 4.42 Å². The number of fused-ring (bicyclic) bond motifs is 14. The van der Waals surface area contributed by atoms with Gasteiger partial charge in [0.1, 0.15) is 5.58 Å². The third-order valence-electron chi connectivity index (χ3n) is 20.5. The number of para-hydroxylation sites is 2. The Bertz CT molecular complexity index is 4120. The van der Waals surface area contributed by atoms with Gasteiger partial charge < -0.3 is 14.2 Å². The maximum absolute atomic E-state index is 7.07. The van der Waals surface area contributed by atoms with Crippen LogP contribution >= 0.6 is 0 Å². The van der Waals surface area contributed by atoms with Gasteiger partial charge in [0.2, 0.25) is 0 Å². The van der Waals surface area contributed by atoms with Crippen LogP contribution in [0, 0.1) is 6.92 Å². The van der Waals surface area contributed by atoms with Crippen molar-refractivity contribution >= 4 is 56.1 Å². The predicted octanol–water partition coefficient (Wildman–Crippen LogP) is 19.2.